The van der Waals surface area contributed by atoms with Gasteiger partial charge in [0, 0.05) is 19.6 Å². The smallest absolute Gasteiger partial charge is 0.138 e. The zero-order chi connectivity index (χ0) is 16.4. The summed E-state index contributed by atoms with van der Waals surface area (Å²) in [7, 11) is 0. The molecule has 1 N–H and O–H groups in total. The Balaban J connectivity index is 1.56. The van der Waals surface area contributed by atoms with Crippen LogP contribution >= 0.6 is 11.3 Å². The quantitative estimate of drug-likeness (QED) is 0.767. The summed E-state index contributed by atoms with van der Waals surface area (Å²) in [6, 6.07) is 6.30. The van der Waals surface area contributed by atoms with Gasteiger partial charge in [-0.15, -0.1) is 11.3 Å². The molecule has 1 fully saturated rings. The van der Waals surface area contributed by atoms with Crippen LogP contribution in [0.2, 0.25) is 0 Å². The highest BCUT2D eigenvalue weighted by atomic mass is 32.1. The van der Waals surface area contributed by atoms with E-state index in [1.54, 1.807) is 17.7 Å². The molecule has 1 saturated heterocycles. The topological polar surface area (TPSA) is 63.4 Å². The van der Waals surface area contributed by atoms with Gasteiger partial charge in [-0.2, -0.15) is 0 Å². The third-order valence-corrected chi connectivity index (χ3v) is 5.12. The summed E-state index contributed by atoms with van der Waals surface area (Å²) in [5.74, 6) is 2.80. The maximum absolute atomic E-state index is 5.91. The van der Waals surface area contributed by atoms with E-state index in [1.807, 2.05) is 18.4 Å². The Bertz CT molecular complexity index is 810. The fourth-order valence-corrected chi connectivity index (χ4v) is 3.79. The highest BCUT2D eigenvalue weighted by molar-refractivity contribution is 7.16. The number of fused-ring (bicyclic) bond motifs is 1. The molecule has 7 heteroatoms. The Morgan fingerprint density at radius 2 is 2.12 bits per heavy atom. The monoisotopic (exact) mass is 344 g/mol. The zero-order valence-corrected chi connectivity index (χ0v) is 14.4. The van der Waals surface area contributed by atoms with Gasteiger partial charge in [-0.1, -0.05) is 0 Å². The first kappa shape index (κ1) is 15.6. The molecule has 1 atom stereocenters. The normalized spacial score (nSPS) is 17.2. The van der Waals surface area contributed by atoms with E-state index in [1.165, 1.54) is 0 Å². The van der Waals surface area contributed by atoms with Crippen LogP contribution in [0.5, 0.6) is 0 Å². The molecule has 0 aliphatic carbocycles. The van der Waals surface area contributed by atoms with E-state index < -0.39 is 0 Å². The van der Waals surface area contributed by atoms with Gasteiger partial charge in [-0.25, -0.2) is 9.97 Å². The fourth-order valence-electron chi connectivity index (χ4n) is 3.06. The van der Waals surface area contributed by atoms with Gasteiger partial charge < -0.3 is 14.5 Å². The van der Waals surface area contributed by atoms with Gasteiger partial charge in [0.1, 0.15) is 28.5 Å². The molecule has 0 radical (unpaired) electrons. The van der Waals surface area contributed by atoms with Gasteiger partial charge in [-0.3, -0.25) is 4.90 Å². The fraction of sp³-hybridized carbons (Fsp3) is 0.412. The number of nitrogens with one attached hydrogen (secondary N) is 1. The predicted octanol–water partition coefficient (Wildman–Crippen LogP) is 3.08. The molecular formula is C17H20N4O2S. The van der Waals surface area contributed by atoms with Crippen molar-refractivity contribution in [3.63, 3.8) is 0 Å². The van der Waals surface area contributed by atoms with Crippen LogP contribution in [0.25, 0.3) is 10.2 Å². The summed E-state index contributed by atoms with van der Waals surface area (Å²) in [6.45, 7) is 6.05. The van der Waals surface area contributed by atoms with Crippen molar-refractivity contribution in [2.45, 2.75) is 13.0 Å². The molecule has 1 unspecified atom stereocenters. The van der Waals surface area contributed by atoms with E-state index in [-0.39, 0.29) is 6.04 Å². The number of furan rings is 1. The van der Waals surface area contributed by atoms with Crippen molar-refractivity contribution in [3.05, 3.63) is 41.4 Å². The lowest BCUT2D eigenvalue weighted by atomic mass is 10.1. The Kier molecular flexibility index (Phi) is 4.46. The maximum atomic E-state index is 5.91. The molecule has 3 aromatic rings. The number of hydrogen-bond donors (Lipinski definition) is 1. The third-order valence-electron chi connectivity index (χ3n) is 4.30. The first-order valence-corrected chi connectivity index (χ1v) is 8.99. The van der Waals surface area contributed by atoms with Crippen molar-refractivity contribution in [1.29, 1.82) is 0 Å². The average Bonchev–Trinajstić information content (AvgIpc) is 3.25. The first-order chi connectivity index (χ1) is 11.8. The van der Waals surface area contributed by atoms with Crippen molar-refractivity contribution < 1.29 is 9.15 Å². The van der Waals surface area contributed by atoms with Crippen LogP contribution in [0.3, 0.4) is 0 Å². The zero-order valence-electron chi connectivity index (χ0n) is 13.6. The summed E-state index contributed by atoms with van der Waals surface area (Å²) in [6.07, 6.45) is 1.61. The molecule has 0 amide bonds. The van der Waals surface area contributed by atoms with E-state index >= 15 is 0 Å². The van der Waals surface area contributed by atoms with Crippen molar-refractivity contribution in [2.75, 3.05) is 38.2 Å². The van der Waals surface area contributed by atoms with Crippen LogP contribution in [0.15, 0.2) is 34.3 Å². The molecule has 3 aromatic heterocycles. The Morgan fingerprint density at radius 3 is 2.92 bits per heavy atom. The van der Waals surface area contributed by atoms with Crippen LogP contribution in [0.4, 0.5) is 5.82 Å². The minimum Gasteiger partial charge on any atom is -0.465 e. The molecule has 0 bridgehead atoms. The molecule has 126 valence electrons. The molecule has 0 aromatic carbocycles. The molecule has 0 saturated carbocycles. The first-order valence-electron chi connectivity index (χ1n) is 8.11. The highest BCUT2D eigenvalue weighted by Crippen LogP contribution is 2.27. The molecule has 4 rings (SSSR count). The second kappa shape index (κ2) is 6.88. The van der Waals surface area contributed by atoms with Crippen LogP contribution in [0, 0.1) is 6.92 Å². The van der Waals surface area contributed by atoms with Gasteiger partial charge in [0.15, 0.2) is 0 Å². The number of ether oxygens (including phenoxy) is 1. The van der Waals surface area contributed by atoms with Crippen LogP contribution in [0.1, 0.15) is 17.6 Å². The second-order valence-corrected chi connectivity index (χ2v) is 6.75. The van der Waals surface area contributed by atoms with Gasteiger partial charge in [0.2, 0.25) is 0 Å². The Hall–Kier alpha value is -1.96. The molecule has 4 heterocycles. The van der Waals surface area contributed by atoms with Gasteiger partial charge in [0.05, 0.1) is 24.6 Å². The summed E-state index contributed by atoms with van der Waals surface area (Å²) >= 11 is 1.63. The van der Waals surface area contributed by atoms with Gasteiger partial charge in [0.25, 0.3) is 0 Å². The number of nitrogens with zero attached hydrogens (tertiary/aromatic N) is 3. The lowest BCUT2D eigenvalue weighted by molar-refractivity contribution is 0.0143. The largest absolute Gasteiger partial charge is 0.465 e. The summed E-state index contributed by atoms with van der Waals surface area (Å²) < 4.78 is 11.4. The number of morpholine rings is 1. The van der Waals surface area contributed by atoms with Crippen molar-refractivity contribution in [3.8, 4) is 0 Å². The summed E-state index contributed by atoms with van der Waals surface area (Å²) in [5, 5.41) is 6.60. The Morgan fingerprint density at radius 1 is 1.25 bits per heavy atom. The van der Waals surface area contributed by atoms with Crippen LogP contribution in [-0.4, -0.2) is 47.7 Å². The molecule has 6 nitrogen and oxygen atoms in total. The average molecular weight is 344 g/mol. The molecule has 0 spiro atoms. The van der Waals surface area contributed by atoms with E-state index in [2.05, 4.69) is 32.3 Å². The molecule has 24 heavy (non-hydrogen) atoms. The number of thiophene rings is 1. The predicted molar refractivity (Wildman–Crippen MR) is 94.5 cm³/mol. The summed E-state index contributed by atoms with van der Waals surface area (Å²) in [5.41, 5.74) is 0. The standard InChI is InChI=1S/C17H20N4O2S/c1-12-2-3-15(23-12)14(21-5-7-22-8-6-21)10-18-16-13-4-9-24-17(13)20-11-19-16/h2-4,9,11,14H,5-8,10H2,1H3,(H,18,19,20). The number of aromatic nitrogens is 2. The van der Waals surface area contributed by atoms with E-state index in [0.29, 0.717) is 0 Å². The number of anilines is 1. The number of aryl methyl sites for hydroxylation is 1. The lowest BCUT2D eigenvalue weighted by Crippen LogP contribution is -2.41. The maximum Gasteiger partial charge on any atom is 0.138 e. The van der Waals surface area contributed by atoms with E-state index in [4.69, 9.17) is 9.15 Å². The van der Waals surface area contributed by atoms with Gasteiger partial charge in [-0.05, 0) is 30.5 Å². The second-order valence-electron chi connectivity index (χ2n) is 5.86. The molecule has 1 aliphatic rings. The van der Waals surface area contributed by atoms with Crippen molar-refractivity contribution >= 4 is 27.4 Å². The molecule has 1 aliphatic heterocycles. The third kappa shape index (κ3) is 3.15. The van der Waals surface area contributed by atoms with Gasteiger partial charge >= 0.3 is 0 Å². The number of rotatable bonds is 5. The molecular weight excluding hydrogens is 324 g/mol. The van der Waals surface area contributed by atoms with Crippen LogP contribution < -0.4 is 5.32 Å². The highest BCUT2D eigenvalue weighted by Gasteiger charge is 2.25. The van der Waals surface area contributed by atoms with E-state index in [9.17, 15) is 0 Å². The minimum atomic E-state index is 0.159. The summed E-state index contributed by atoms with van der Waals surface area (Å²) in [4.78, 5) is 12.1. The van der Waals surface area contributed by atoms with E-state index in [0.717, 1.165) is 60.4 Å². The number of hydrogen-bond acceptors (Lipinski definition) is 7. The SMILES string of the molecule is Cc1ccc(C(CNc2ncnc3sccc23)N2CCOCC2)o1. The van der Waals surface area contributed by atoms with Crippen molar-refractivity contribution in [2.24, 2.45) is 0 Å². The van der Waals surface area contributed by atoms with Crippen LogP contribution in [-0.2, 0) is 4.74 Å². The Labute approximate surface area is 144 Å². The minimum absolute atomic E-state index is 0.159. The van der Waals surface area contributed by atoms with Crippen molar-refractivity contribution in [1.82, 2.24) is 14.9 Å². The lowest BCUT2D eigenvalue weighted by Gasteiger charge is -2.33.